The molecule has 0 unspecified atom stereocenters. The number of hydrogen-bond donors (Lipinski definition) is 1. The van der Waals surface area contributed by atoms with Gasteiger partial charge in [-0.05, 0) is 30.3 Å². The Balaban J connectivity index is 1.83. The standard InChI is InChI=1S/C16H14N2O3S/c1-21-12-7-8-13-14(9-12)22-18(16(13)20)10-15(19)17-11-5-3-2-4-6-11/h2-9H,10H2,1H3,(H,17,19). The van der Waals surface area contributed by atoms with Gasteiger partial charge in [0.2, 0.25) is 5.91 Å². The fraction of sp³-hybridized carbons (Fsp3) is 0.125. The van der Waals surface area contributed by atoms with Gasteiger partial charge in [-0.1, -0.05) is 29.7 Å². The summed E-state index contributed by atoms with van der Waals surface area (Å²) in [6, 6.07) is 14.4. The zero-order valence-corrected chi connectivity index (χ0v) is 12.7. The van der Waals surface area contributed by atoms with E-state index in [0.29, 0.717) is 16.8 Å². The maximum absolute atomic E-state index is 12.3. The van der Waals surface area contributed by atoms with E-state index in [-0.39, 0.29) is 18.0 Å². The number of nitrogens with one attached hydrogen (secondary N) is 1. The quantitative estimate of drug-likeness (QED) is 0.805. The number of fused-ring (bicyclic) bond motifs is 1. The minimum Gasteiger partial charge on any atom is -0.497 e. The molecule has 0 aliphatic rings. The number of anilines is 1. The molecule has 0 atom stereocenters. The highest BCUT2D eigenvalue weighted by Crippen LogP contribution is 2.22. The smallest absolute Gasteiger partial charge is 0.269 e. The Hall–Kier alpha value is -2.60. The van der Waals surface area contributed by atoms with Crippen LogP contribution in [-0.2, 0) is 11.3 Å². The van der Waals surface area contributed by atoms with Crippen molar-refractivity contribution in [2.45, 2.75) is 6.54 Å². The molecule has 0 aliphatic carbocycles. The number of ether oxygens (including phenoxy) is 1. The van der Waals surface area contributed by atoms with E-state index in [2.05, 4.69) is 5.32 Å². The summed E-state index contributed by atoms with van der Waals surface area (Å²) in [7, 11) is 1.58. The Morgan fingerprint density at radius 1 is 1.23 bits per heavy atom. The van der Waals surface area contributed by atoms with Crippen molar-refractivity contribution in [1.29, 1.82) is 0 Å². The van der Waals surface area contributed by atoms with Crippen molar-refractivity contribution in [3.05, 3.63) is 58.9 Å². The number of benzene rings is 2. The first-order valence-electron chi connectivity index (χ1n) is 6.70. The lowest BCUT2D eigenvalue weighted by Gasteiger charge is -2.04. The highest BCUT2D eigenvalue weighted by molar-refractivity contribution is 7.13. The molecule has 0 radical (unpaired) electrons. The van der Waals surface area contributed by atoms with Gasteiger partial charge in [-0.15, -0.1) is 0 Å². The number of hydrogen-bond acceptors (Lipinski definition) is 4. The Kier molecular flexibility index (Phi) is 3.93. The van der Waals surface area contributed by atoms with Crippen LogP contribution in [0.25, 0.3) is 10.1 Å². The lowest BCUT2D eigenvalue weighted by Crippen LogP contribution is -2.23. The van der Waals surface area contributed by atoms with Crippen LogP contribution in [0.3, 0.4) is 0 Å². The summed E-state index contributed by atoms with van der Waals surface area (Å²) < 4.78 is 7.40. The van der Waals surface area contributed by atoms with Gasteiger partial charge in [-0.3, -0.25) is 13.5 Å². The summed E-state index contributed by atoms with van der Waals surface area (Å²) in [5.41, 5.74) is 0.550. The molecule has 3 rings (SSSR count). The Morgan fingerprint density at radius 2 is 2.00 bits per heavy atom. The van der Waals surface area contributed by atoms with Crippen molar-refractivity contribution in [1.82, 2.24) is 3.96 Å². The minimum atomic E-state index is -0.230. The SMILES string of the molecule is COc1ccc2c(=O)n(CC(=O)Nc3ccccc3)sc2c1. The Morgan fingerprint density at radius 3 is 2.73 bits per heavy atom. The molecule has 1 N–H and O–H groups in total. The fourth-order valence-electron chi connectivity index (χ4n) is 2.13. The second-order valence-electron chi connectivity index (χ2n) is 4.71. The third-order valence-corrected chi connectivity index (χ3v) is 4.25. The van der Waals surface area contributed by atoms with Crippen LogP contribution >= 0.6 is 11.5 Å². The molecule has 112 valence electrons. The number of rotatable bonds is 4. The number of carbonyl (C=O) groups is 1. The van der Waals surface area contributed by atoms with Gasteiger partial charge in [0, 0.05) is 5.69 Å². The normalized spacial score (nSPS) is 10.6. The van der Waals surface area contributed by atoms with E-state index in [0.717, 1.165) is 4.70 Å². The molecule has 1 heterocycles. The lowest BCUT2D eigenvalue weighted by molar-refractivity contribution is -0.116. The summed E-state index contributed by atoms with van der Waals surface area (Å²) in [5, 5.41) is 3.36. The average Bonchev–Trinajstić information content (AvgIpc) is 2.83. The first-order valence-corrected chi connectivity index (χ1v) is 7.47. The van der Waals surface area contributed by atoms with Crippen molar-refractivity contribution < 1.29 is 9.53 Å². The van der Waals surface area contributed by atoms with E-state index in [1.807, 2.05) is 18.2 Å². The molecule has 0 saturated heterocycles. The largest absolute Gasteiger partial charge is 0.497 e. The van der Waals surface area contributed by atoms with Crippen LogP contribution in [0.5, 0.6) is 5.75 Å². The molecule has 6 heteroatoms. The Labute approximate surface area is 130 Å². The molecular formula is C16H14N2O3S. The van der Waals surface area contributed by atoms with Gasteiger partial charge in [0.05, 0.1) is 17.2 Å². The second kappa shape index (κ2) is 6.03. The average molecular weight is 314 g/mol. The van der Waals surface area contributed by atoms with Crippen molar-refractivity contribution in [3.8, 4) is 5.75 Å². The van der Waals surface area contributed by atoms with Crippen LogP contribution in [0.2, 0.25) is 0 Å². The second-order valence-corrected chi connectivity index (χ2v) is 5.77. The molecule has 3 aromatic rings. The third-order valence-electron chi connectivity index (χ3n) is 3.20. The van der Waals surface area contributed by atoms with Crippen molar-refractivity contribution in [2.75, 3.05) is 12.4 Å². The number of nitrogens with zero attached hydrogens (tertiary/aromatic N) is 1. The topological polar surface area (TPSA) is 60.3 Å². The van der Waals surface area contributed by atoms with E-state index in [1.54, 1.807) is 37.4 Å². The first kappa shape index (κ1) is 14.3. The van der Waals surface area contributed by atoms with Gasteiger partial charge >= 0.3 is 0 Å². The molecule has 0 fully saturated rings. The predicted molar refractivity (Wildman–Crippen MR) is 87.7 cm³/mol. The molecule has 0 aliphatic heterocycles. The monoisotopic (exact) mass is 314 g/mol. The molecule has 0 bridgehead atoms. The summed E-state index contributed by atoms with van der Waals surface area (Å²) in [4.78, 5) is 24.3. The summed E-state index contributed by atoms with van der Waals surface area (Å²) in [5.74, 6) is 0.460. The zero-order valence-electron chi connectivity index (χ0n) is 11.9. The number of aromatic nitrogens is 1. The molecule has 0 spiro atoms. The minimum absolute atomic E-state index is 0.00457. The van der Waals surface area contributed by atoms with Crippen molar-refractivity contribution in [2.24, 2.45) is 0 Å². The highest BCUT2D eigenvalue weighted by atomic mass is 32.1. The first-order chi connectivity index (χ1) is 10.7. The van der Waals surface area contributed by atoms with Gasteiger partial charge in [0.1, 0.15) is 12.3 Å². The molecule has 1 amide bonds. The molecule has 1 aromatic heterocycles. The number of amides is 1. The maximum Gasteiger partial charge on any atom is 0.269 e. The number of carbonyl (C=O) groups excluding carboxylic acids is 1. The number of para-hydroxylation sites is 1. The molecule has 5 nitrogen and oxygen atoms in total. The molecular weight excluding hydrogens is 300 g/mol. The zero-order chi connectivity index (χ0) is 15.5. The van der Waals surface area contributed by atoms with Crippen molar-refractivity contribution >= 4 is 33.2 Å². The third kappa shape index (κ3) is 2.87. The van der Waals surface area contributed by atoms with Crippen molar-refractivity contribution in [3.63, 3.8) is 0 Å². The van der Waals surface area contributed by atoms with E-state index < -0.39 is 0 Å². The summed E-state index contributed by atoms with van der Waals surface area (Å²) >= 11 is 1.26. The molecule has 0 saturated carbocycles. The predicted octanol–water partition coefficient (Wildman–Crippen LogP) is 2.71. The molecule has 22 heavy (non-hydrogen) atoms. The van der Waals surface area contributed by atoms with E-state index in [1.165, 1.54) is 15.5 Å². The van der Waals surface area contributed by atoms with Gasteiger partial charge in [0.15, 0.2) is 0 Å². The van der Waals surface area contributed by atoms with Crippen LogP contribution in [0, 0.1) is 0 Å². The van der Waals surface area contributed by atoms with Crippen LogP contribution in [-0.4, -0.2) is 17.0 Å². The van der Waals surface area contributed by atoms with Gasteiger partial charge in [0.25, 0.3) is 5.56 Å². The lowest BCUT2D eigenvalue weighted by atomic mass is 10.2. The van der Waals surface area contributed by atoms with Gasteiger partial charge in [-0.25, -0.2) is 0 Å². The molecule has 2 aromatic carbocycles. The maximum atomic E-state index is 12.3. The van der Waals surface area contributed by atoms with Gasteiger partial charge < -0.3 is 10.1 Å². The fourth-order valence-corrected chi connectivity index (χ4v) is 3.16. The van der Waals surface area contributed by atoms with Crippen LogP contribution in [0.15, 0.2) is 53.3 Å². The van der Waals surface area contributed by atoms with Gasteiger partial charge in [-0.2, -0.15) is 0 Å². The van der Waals surface area contributed by atoms with Crippen LogP contribution in [0.1, 0.15) is 0 Å². The highest BCUT2D eigenvalue weighted by Gasteiger charge is 2.11. The number of methoxy groups -OCH3 is 1. The van der Waals surface area contributed by atoms with E-state index >= 15 is 0 Å². The van der Waals surface area contributed by atoms with E-state index in [9.17, 15) is 9.59 Å². The van der Waals surface area contributed by atoms with E-state index in [4.69, 9.17) is 4.74 Å². The van der Waals surface area contributed by atoms with Crippen LogP contribution < -0.4 is 15.6 Å². The Bertz CT molecular complexity index is 868. The summed E-state index contributed by atoms with van der Waals surface area (Å²) in [6.07, 6.45) is 0. The summed E-state index contributed by atoms with van der Waals surface area (Å²) in [6.45, 7) is -0.00457. The van der Waals surface area contributed by atoms with Crippen LogP contribution in [0.4, 0.5) is 5.69 Å².